The van der Waals surface area contributed by atoms with E-state index in [2.05, 4.69) is 20.8 Å². The number of nitrogens with two attached hydrogens (primary N) is 3. The van der Waals surface area contributed by atoms with Crippen LogP contribution in [-0.2, 0) is 4.57 Å². The van der Waals surface area contributed by atoms with Gasteiger partial charge in [0.2, 0.25) is 0 Å². The van der Waals surface area contributed by atoms with Crippen LogP contribution >= 0.6 is 7.82 Å². The molecule has 0 radical (unpaired) electrons. The van der Waals surface area contributed by atoms with Gasteiger partial charge in [0, 0.05) is 0 Å². The van der Waals surface area contributed by atoms with Gasteiger partial charge in [0.25, 0.3) is 0 Å². The summed E-state index contributed by atoms with van der Waals surface area (Å²) in [4.78, 5) is 21.6. The van der Waals surface area contributed by atoms with Crippen molar-refractivity contribution in [3.63, 3.8) is 0 Å². The zero-order valence-corrected chi connectivity index (χ0v) is 26.9. The highest BCUT2D eigenvalue weighted by molar-refractivity contribution is 7.45. The molecule has 0 bridgehead atoms. The minimum absolute atomic E-state index is 0.870. The lowest BCUT2D eigenvalue weighted by Gasteiger charge is -1.99. The lowest BCUT2D eigenvalue weighted by atomic mass is 10.1. The van der Waals surface area contributed by atoms with Gasteiger partial charge in [-0.05, 0) is 38.9 Å². The molecule has 0 aromatic carbocycles. The van der Waals surface area contributed by atoms with Crippen LogP contribution in [0.15, 0.2) is 0 Å². The smallest absolute Gasteiger partial charge is 0.330 e. The molecule has 0 heterocycles. The van der Waals surface area contributed by atoms with E-state index in [0.29, 0.717) is 0 Å². The van der Waals surface area contributed by atoms with E-state index in [1.165, 1.54) is 154 Å². The van der Waals surface area contributed by atoms with E-state index in [4.69, 9.17) is 36.4 Å². The van der Waals surface area contributed by atoms with Crippen LogP contribution in [0.1, 0.15) is 175 Å². The van der Waals surface area contributed by atoms with E-state index in [1.807, 2.05) is 0 Å². The Kier molecular flexibility index (Phi) is 52.1. The Balaban J connectivity index is -0.000000209. The fourth-order valence-electron chi connectivity index (χ4n) is 3.83. The second kappa shape index (κ2) is 44.0. The molecular weight excluding hydrogens is 497 g/mol. The first-order valence-corrected chi connectivity index (χ1v) is 17.7. The van der Waals surface area contributed by atoms with Crippen molar-refractivity contribution >= 4 is 7.82 Å². The van der Waals surface area contributed by atoms with Gasteiger partial charge in [-0.3, -0.25) is 0 Å². The predicted molar refractivity (Wildman–Crippen MR) is 169 cm³/mol. The van der Waals surface area contributed by atoms with Crippen LogP contribution in [0.5, 0.6) is 0 Å². The van der Waals surface area contributed by atoms with E-state index < -0.39 is 7.82 Å². The topological polar surface area (TPSA) is 156 Å². The molecule has 0 saturated carbocycles. The van der Waals surface area contributed by atoms with Gasteiger partial charge in [-0.15, -0.1) is 0 Å². The maximum Gasteiger partial charge on any atom is 0.466 e. The molecule has 0 rings (SSSR count). The van der Waals surface area contributed by atoms with Crippen LogP contribution in [-0.4, -0.2) is 34.3 Å². The molecule has 236 valence electrons. The first kappa shape index (κ1) is 45.0. The average Bonchev–Trinajstić information content (AvgIpc) is 2.87. The summed E-state index contributed by atoms with van der Waals surface area (Å²) in [5.74, 6) is 0. The Morgan fingerprint density at radius 1 is 0.368 bits per heavy atom. The Morgan fingerprint density at radius 2 is 0.500 bits per heavy atom. The molecule has 9 N–H and O–H groups in total. The molecule has 7 nitrogen and oxygen atoms in total. The minimum atomic E-state index is -4.64. The Morgan fingerprint density at radius 3 is 0.632 bits per heavy atom. The van der Waals surface area contributed by atoms with E-state index in [9.17, 15) is 0 Å². The number of unbranched alkanes of at least 4 members (excludes halogenated alkanes) is 21. The van der Waals surface area contributed by atoms with Crippen molar-refractivity contribution in [2.24, 2.45) is 17.2 Å². The molecule has 0 aliphatic heterocycles. The molecule has 0 aliphatic carbocycles. The van der Waals surface area contributed by atoms with Gasteiger partial charge in [-0.2, -0.15) is 0 Å². The maximum absolute atomic E-state index is 8.88. The molecule has 0 aliphatic rings. The summed E-state index contributed by atoms with van der Waals surface area (Å²) in [7, 11) is -4.64. The van der Waals surface area contributed by atoms with Gasteiger partial charge in [-0.1, -0.05) is 156 Å². The highest BCUT2D eigenvalue weighted by Crippen LogP contribution is 2.25. The lowest BCUT2D eigenvalue weighted by molar-refractivity contribution is 0.275. The van der Waals surface area contributed by atoms with Gasteiger partial charge in [0.05, 0.1) is 0 Å². The highest BCUT2D eigenvalue weighted by atomic mass is 31.2. The third-order valence-corrected chi connectivity index (χ3v) is 6.17. The van der Waals surface area contributed by atoms with Crippen LogP contribution < -0.4 is 17.2 Å². The van der Waals surface area contributed by atoms with Crippen molar-refractivity contribution in [2.45, 2.75) is 175 Å². The first-order chi connectivity index (χ1) is 18.2. The van der Waals surface area contributed by atoms with E-state index in [-0.39, 0.29) is 0 Å². The number of rotatable bonds is 24. The summed E-state index contributed by atoms with van der Waals surface area (Å²) in [6, 6.07) is 0. The van der Waals surface area contributed by atoms with Gasteiger partial charge >= 0.3 is 7.82 Å². The molecule has 0 unspecified atom stereocenters. The normalized spacial score (nSPS) is 10.6. The van der Waals surface area contributed by atoms with E-state index in [1.54, 1.807) is 0 Å². The maximum atomic E-state index is 8.88. The number of hydrogen-bond acceptors (Lipinski definition) is 4. The first-order valence-electron chi connectivity index (χ1n) is 16.1. The molecule has 38 heavy (non-hydrogen) atoms. The fourth-order valence-corrected chi connectivity index (χ4v) is 3.83. The lowest BCUT2D eigenvalue weighted by Crippen LogP contribution is -1.97. The Bertz CT molecular complexity index is 338. The minimum Gasteiger partial charge on any atom is -0.330 e. The van der Waals surface area contributed by atoms with Crippen molar-refractivity contribution < 1.29 is 19.2 Å². The second-order valence-corrected chi connectivity index (χ2v) is 11.3. The van der Waals surface area contributed by atoms with Crippen molar-refractivity contribution in [3.8, 4) is 0 Å². The van der Waals surface area contributed by atoms with Gasteiger partial charge in [0.1, 0.15) is 0 Å². The summed E-state index contributed by atoms with van der Waals surface area (Å²) in [5, 5.41) is 0. The van der Waals surface area contributed by atoms with Gasteiger partial charge < -0.3 is 31.9 Å². The molecule has 0 fully saturated rings. The van der Waals surface area contributed by atoms with Crippen molar-refractivity contribution in [1.82, 2.24) is 0 Å². The molecule has 0 saturated heterocycles. The van der Waals surface area contributed by atoms with Crippen LogP contribution in [0.25, 0.3) is 0 Å². The van der Waals surface area contributed by atoms with Gasteiger partial charge in [0.15, 0.2) is 0 Å². The highest BCUT2D eigenvalue weighted by Gasteiger charge is 2.00. The fraction of sp³-hybridized carbons (Fsp3) is 1.00. The zero-order valence-electron chi connectivity index (χ0n) is 26.0. The third-order valence-electron chi connectivity index (χ3n) is 6.17. The zero-order chi connectivity index (χ0) is 29.6. The largest absolute Gasteiger partial charge is 0.466 e. The standard InChI is InChI=1S/3C10H23N.H3O4P/c3*1-2-3-4-5-6-7-8-9-10-11;1-5(2,3)4/h3*2-11H2,1H3;(H3,1,2,3,4). The van der Waals surface area contributed by atoms with E-state index in [0.717, 1.165) is 19.6 Å². The van der Waals surface area contributed by atoms with Crippen molar-refractivity contribution in [2.75, 3.05) is 19.6 Å². The second-order valence-electron chi connectivity index (χ2n) is 10.3. The van der Waals surface area contributed by atoms with Crippen LogP contribution in [0.2, 0.25) is 0 Å². The van der Waals surface area contributed by atoms with Gasteiger partial charge in [-0.25, -0.2) is 4.57 Å². The van der Waals surface area contributed by atoms with Crippen LogP contribution in [0.4, 0.5) is 0 Å². The van der Waals surface area contributed by atoms with Crippen molar-refractivity contribution in [1.29, 1.82) is 0 Å². The molecule has 0 spiro atoms. The Hall–Kier alpha value is -0.0100. The molecular formula is C30H72N3O4P. The number of phosphoric acid groups is 1. The predicted octanol–water partition coefficient (Wildman–Crippen LogP) is 8.33. The summed E-state index contributed by atoms with van der Waals surface area (Å²) < 4.78 is 8.88. The molecule has 0 atom stereocenters. The van der Waals surface area contributed by atoms with E-state index >= 15 is 0 Å². The third kappa shape index (κ3) is 76.6. The molecule has 0 amide bonds. The Labute approximate surface area is 238 Å². The number of hydrogen-bond donors (Lipinski definition) is 6. The quantitative estimate of drug-likeness (QED) is 0.0504. The summed E-state index contributed by atoms with van der Waals surface area (Å²) in [6.07, 6.45) is 32.9. The molecule has 0 aromatic heterocycles. The van der Waals surface area contributed by atoms with Crippen molar-refractivity contribution in [3.05, 3.63) is 0 Å². The SMILES string of the molecule is CCCCCCCCCCN.CCCCCCCCCCN.CCCCCCCCCCN.O=P(O)(O)O. The molecule has 8 heteroatoms. The monoisotopic (exact) mass is 570 g/mol. The van der Waals surface area contributed by atoms with Crippen LogP contribution in [0.3, 0.4) is 0 Å². The molecule has 0 aromatic rings. The van der Waals surface area contributed by atoms with Crippen LogP contribution in [0, 0.1) is 0 Å². The summed E-state index contributed by atoms with van der Waals surface area (Å²) in [5.41, 5.74) is 16.2. The average molecular weight is 570 g/mol. The summed E-state index contributed by atoms with van der Waals surface area (Å²) >= 11 is 0. The summed E-state index contributed by atoms with van der Waals surface area (Å²) in [6.45, 7) is 9.39.